The lowest BCUT2D eigenvalue weighted by atomic mass is 10.3. The molecule has 4 N–H and O–H groups in total. The second-order valence-electron chi connectivity index (χ2n) is 3.35. The number of methoxy groups -OCH3 is 1. The number of guanidine groups is 1. The Bertz CT molecular complexity index is 468. The number of carbonyl (C=O) groups is 1. The number of aliphatic imine (C=N–C) groups is 1. The van der Waals surface area contributed by atoms with Crippen LogP contribution in [0.1, 0.15) is 0 Å². The van der Waals surface area contributed by atoms with Gasteiger partial charge < -0.3 is 21.1 Å². The quantitative estimate of drug-likeness (QED) is 0.407. The Morgan fingerprint density at radius 1 is 1.53 bits per heavy atom. The third-order valence-corrected chi connectivity index (χ3v) is 2.39. The Labute approximate surface area is 133 Å². The molecule has 0 aliphatic rings. The molecule has 19 heavy (non-hydrogen) atoms. The zero-order chi connectivity index (χ0) is 13.5. The van der Waals surface area contributed by atoms with Crippen molar-refractivity contribution in [3.8, 4) is 5.75 Å². The molecule has 1 aromatic rings. The van der Waals surface area contributed by atoms with Gasteiger partial charge in [-0.2, -0.15) is 0 Å². The minimum atomic E-state index is -0.215. The number of nitrogens with two attached hydrogens (primary N) is 1. The van der Waals surface area contributed by atoms with Gasteiger partial charge >= 0.3 is 0 Å². The summed E-state index contributed by atoms with van der Waals surface area (Å²) in [4.78, 5) is 14.8. The summed E-state index contributed by atoms with van der Waals surface area (Å²) in [7, 11) is 3.07. The van der Waals surface area contributed by atoms with Crippen LogP contribution in [0.3, 0.4) is 0 Å². The van der Waals surface area contributed by atoms with Gasteiger partial charge in [-0.1, -0.05) is 11.6 Å². The first-order chi connectivity index (χ1) is 8.56. The average Bonchev–Trinajstić information content (AvgIpc) is 2.36. The molecule has 1 aromatic carbocycles. The summed E-state index contributed by atoms with van der Waals surface area (Å²) in [6.07, 6.45) is 0. The van der Waals surface area contributed by atoms with Crippen LogP contribution in [-0.2, 0) is 4.79 Å². The standard InChI is InChI=1S/C11H15ClN4O2.HI/c1-14-10(17)6-15-11(13)16-7-3-4-9(18-2)8(12)5-7;/h3-5H,6H2,1-2H3,(H,14,17)(H3,13,15,16);1H. The number of halogens is 2. The maximum atomic E-state index is 11.0. The van der Waals surface area contributed by atoms with Gasteiger partial charge in [0.05, 0.1) is 12.1 Å². The highest BCUT2D eigenvalue weighted by Gasteiger charge is 2.03. The van der Waals surface area contributed by atoms with Crippen LogP contribution in [-0.4, -0.2) is 32.6 Å². The lowest BCUT2D eigenvalue weighted by molar-refractivity contribution is -0.119. The van der Waals surface area contributed by atoms with Crippen LogP contribution in [0.25, 0.3) is 0 Å². The van der Waals surface area contributed by atoms with Gasteiger partial charge in [0.2, 0.25) is 5.91 Å². The van der Waals surface area contributed by atoms with E-state index in [1.807, 2.05) is 0 Å². The van der Waals surface area contributed by atoms with Gasteiger partial charge in [0.15, 0.2) is 5.96 Å². The maximum absolute atomic E-state index is 11.0. The Kier molecular flexibility index (Phi) is 8.24. The first-order valence-corrected chi connectivity index (χ1v) is 5.55. The van der Waals surface area contributed by atoms with Gasteiger partial charge in [0.25, 0.3) is 0 Å². The van der Waals surface area contributed by atoms with E-state index >= 15 is 0 Å². The van der Waals surface area contributed by atoms with E-state index in [-0.39, 0.29) is 42.4 Å². The zero-order valence-corrected chi connectivity index (χ0v) is 13.7. The van der Waals surface area contributed by atoms with Crippen LogP contribution in [0, 0.1) is 0 Å². The number of hydrogen-bond donors (Lipinski definition) is 3. The van der Waals surface area contributed by atoms with Crippen LogP contribution in [0.15, 0.2) is 23.2 Å². The van der Waals surface area contributed by atoms with E-state index in [2.05, 4.69) is 15.6 Å². The fourth-order valence-electron chi connectivity index (χ4n) is 1.17. The Morgan fingerprint density at radius 2 is 2.21 bits per heavy atom. The van der Waals surface area contributed by atoms with Crippen LogP contribution >= 0.6 is 35.6 Å². The van der Waals surface area contributed by atoms with Crippen molar-refractivity contribution in [2.75, 3.05) is 26.0 Å². The summed E-state index contributed by atoms with van der Waals surface area (Å²) in [6.45, 7) is -0.0286. The van der Waals surface area contributed by atoms with Crippen molar-refractivity contribution in [1.29, 1.82) is 0 Å². The van der Waals surface area contributed by atoms with Crippen LogP contribution in [0.5, 0.6) is 5.75 Å². The number of rotatable bonds is 4. The summed E-state index contributed by atoms with van der Waals surface area (Å²) < 4.78 is 5.02. The highest BCUT2D eigenvalue weighted by atomic mass is 127. The van der Waals surface area contributed by atoms with Crippen molar-refractivity contribution in [1.82, 2.24) is 5.32 Å². The number of amides is 1. The maximum Gasteiger partial charge on any atom is 0.241 e. The molecule has 0 atom stereocenters. The van der Waals surface area contributed by atoms with Gasteiger partial charge in [0, 0.05) is 12.7 Å². The minimum absolute atomic E-state index is 0. The van der Waals surface area contributed by atoms with Crippen molar-refractivity contribution in [3.63, 3.8) is 0 Å². The second kappa shape index (κ2) is 8.81. The zero-order valence-electron chi connectivity index (χ0n) is 10.6. The molecule has 106 valence electrons. The average molecular weight is 399 g/mol. The first-order valence-electron chi connectivity index (χ1n) is 5.18. The van der Waals surface area contributed by atoms with Gasteiger partial charge in [-0.15, -0.1) is 24.0 Å². The largest absolute Gasteiger partial charge is 0.495 e. The SMILES string of the molecule is CNC(=O)CN=C(N)Nc1ccc(OC)c(Cl)c1.I. The van der Waals surface area contributed by atoms with Gasteiger partial charge in [-0.25, -0.2) is 4.99 Å². The van der Waals surface area contributed by atoms with Crippen molar-refractivity contribution in [3.05, 3.63) is 23.2 Å². The molecule has 0 fully saturated rings. The highest BCUT2D eigenvalue weighted by molar-refractivity contribution is 14.0. The van der Waals surface area contributed by atoms with Crippen LogP contribution < -0.4 is 21.1 Å². The Hall–Kier alpha value is -1.22. The minimum Gasteiger partial charge on any atom is -0.495 e. The molecule has 0 bridgehead atoms. The highest BCUT2D eigenvalue weighted by Crippen LogP contribution is 2.26. The lowest BCUT2D eigenvalue weighted by Crippen LogP contribution is -2.27. The third kappa shape index (κ3) is 5.97. The Balaban J connectivity index is 0.00000324. The number of likely N-dealkylation sites (N-methyl/N-ethyl adjacent to an activating group) is 1. The predicted molar refractivity (Wildman–Crippen MR) is 87.6 cm³/mol. The summed E-state index contributed by atoms with van der Waals surface area (Å²) in [5, 5.41) is 5.72. The van der Waals surface area contributed by atoms with E-state index in [1.54, 1.807) is 18.2 Å². The predicted octanol–water partition coefficient (Wildman–Crippen LogP) is 1.44. The summed E-state index contributed by atoms with van der Waals surface area (Å²) in [5.74, 6) is 0.496. The van der Waals surface area contributed by atoms with E-state index in [0.29, 0.717) is 16.5 Å². The molecule has 0 spiro atoms. The molecule has 1 amide bonds. The van der Waals surface area contributed by atoms with Crippen molar-refractivity contribution in [2.45, 2.75) is 0 Å². The number of nitrogens with zero attached hydrogens (tertiary/aromatic N) is 1. The summed E-state index contributed by atoms with van der Waals surface area (Å²) >= 11 is 5.95. The number of anilines is 1. The molecule has 0 saturated heterocycles. The molecular weight excluding hydrogens is 383 g/mol. The number of nitrogens with one attached hydrogen (secondary N) is 2. The molecule has 0 aromatic heterocycles. The number of hydrogen-bond acceptors (Lipinski definition) is 3. The molecule has 8 heteroatoms. The van der Waals surface area contributed by atoms with Crippen molar-refractivity contribution >= 4 is 53.1 Å². The second-order valence-corrected chi connectivity index (χ2v) is 3.76. The molecule has 0 radical (unpaired) electrons. The third-order valence-electron chi connectivity index (χ3n) is 2.10. The van der Waals surface area contributed by atoms with Crippen LogP contribution in [0.2, 0.25) is 5.02 Å². The molecule has 0 heterocycles. The van der Waals surface area contributed by atoms with Gasteiger partial charge in [0.1, 0.15) is 12.3 Å². The normalized spacial score (nSPS) is 10.4. The monoisotopic (exact) mass is 398 g/mol. The molecule has 0 unspecified atom stereocenters. The van der Waals surface area contributed by atoms with Gasteiger partial charge in [-0.3, -0.25) is 4.79 Å². The topological polar surface area (TPSA) is 88.7 Å². The first kappa shape index (κ1) is 17.8. The smallest absolute Gasteiger partial charge is 0.241 e. The van der Waals surface area contributed by atoms with Crippen LogP contribution in [0.4, 0.5) is 5.69 Å². The van der Waals surface area contributed by atoms with Crippen molar-refractivity contribution in [2.24, 2.45) is 10.7 Å². The van der Waals surface area contributed by atoms with Crippen molar-refractivity contribution < 1.29 is 9.53 Å². The van der Waals surface area contributed by atoms with E-state index < -0.39 is 0 Å². The molecule has 0 aliphatic carbocycles. The van der Waals surface area contributed by atoms with E-state index in [0.717, 1.165) is 0 Å². The van der Waals surface area contributed by atoms with E-state index in [9.17, 15) is 4.79 Å². The fraction of sp³-hybridized carbons (Fsp3) is 0.273. The number of carbonyl (C=O) groups excluding carboxylic acids is 1. The molecule has 1 rings (SSSR count). The molecule has 0 saturated carbocycles. The number of benzene rings is 1. The van der Waals surface area contributed by atoms with Gasteiger partial charge in [-0.05, 0) is 18.2 Å². The Morgan fingerprint density at radius 3 is 2.74 bits per heavy atom. The summed E-state index contributed by atoms with van der Waals surface area (Å²) in [5.41, 5.74) is 6.28. The molecular formula is C11H16ClIN4O2. The van der Waals surface area contributed by atoms with E-state index in [1.165, 1.54) is 14.2 Å². The fourth-order valence-corrected chi connectivity index (χ4v) is 1.43. The molecule has 6 nitrogen and oxygen atoms in total. The molecule has 0 aliphatic heterocycles. The van der Waals surface area contributed by atoms with E-state index in [4.69, 9.17) is 22.1 Å². The summed E-state index contributed by atoms with van der Waals surface area (Å²) in [6, 6.07) is 5.10. The lowest BCUT2D eigenvalue weighted by Gasteiger charge is -2.08. The number of ether oxygens (including phenoxy) is 1.